The van der Waals surface area contributed by atoms with E-state index in [1.165, 1.54) is 11.1 Å². The summed E-state index contributed by atoms with van der Waals surface area (Å²) in [5.41, 5.74) is 2.52. The lowest BCUT2D eigenvalue weighted by Gasteiger charge is -2.25. The van der Waals surface area contributed by atoms with Gasteiger partial charge in [-0.1, -0.05) is 0 Å². The average Bonchev–Trinajstić information content (AvgIpc) is 3.04. The quantitative estimate of drug-likeness (QED) is 0.589. The maximum absolute atomic E-state index is 5.12. The molecule has 0 radical (unpaired) electrons. The molecule has 0 fully saturated rings. The van der Waals surface area contributed by atoms with Gasteiger partial charge in [-0.25, -0.2) is 9.67 Å². The van der Waals surface area contributed by atoms with Gasteiger partial charge in [0.1, 0.15) is 12.4 Å². The lowest BCUT2D eigenvalue weighted by Crippen LogP contribution is -2.47. The Kier molecular flexibility index (Phi) is 6.17. The van der Waals surface area contributed by atoms with Crippen molar-refractivity contribution in [2.24, 2.45) is 4.99 Å². The molecule has 0 spiro atoms. The zero-order chi connectivity index (χ0) is 18.4. The number of aryl methyl sites for hydroxylation is 2. The van der Waals surface area contributed by atoms with Crippen LogP contribution in [0.5, 0.6) is 0 Å². The van der Waals surface area contributed by atoms with Crippen molar-refractivity contribution in [2.75, 3.05) is 20.7 Å². The molecule has 1 aliphatic rings. The summed E-state index contributed by atoms with van der Waals surface area (Å²) in [6.45, 7) is 4.15. The molecule has 8 nitrogen and oxygen atoms in total. The topological polar surface area (TPSA) is 89.2 Å². The molecule has 140 valence electrons. The summed E-state index contributed by atoms with van der Waals surface area (Å²) < 4.78 is 7.09. The van der Waals surface area contributed by atoms with Gasteiger partial charge >= 0.3 is 0 Å². The summed E-state index contributed by atoms with van der Waals surface area (Å²) in [4.78, 5) is 13.0. The number of ether oxygens (including phenoxy) is 1. The molecule has 1 unspecified atom stereocenters. The molecule has 1 atom stereocenters. The van der Waals surface area contributed by atoms with Gasteiger partial charge in [-0.05, 0) is 37.0 Å². The number of pyridine rings is 1. The number of hydrogen-bond donors (Lipinski definition) is 2. The summed E-state index contributed by atoms with van der Waals surface area (Å²) in [7, 11) is 3.46. The lowest BCUT2D eigenvalue weighted by atomic mass is 10.1. The van der Waals surface area contributed by atoms with Crippen LogP contribution in [0.3, 0.4) is 0 Å². The highest BCUT2D eigenvalue weighted by Crippen LogP contribution is 2.13. The molecular weight excluding hydrogens is 330 g/mol. The van der Waals surface area contributed by atoms with Gasteiger partial charge in [0.05, 0.1) is 6.54 Å². The molecule has 0 aromatic carbocycles. The Labute approximate surface area is 154 Å². The van der Waals surface area contributed by atoms with E-state index in [1.807, 2.05) is 17.1 Å². The van der Waals surface area contributed by atoms with Crippen molar-refractivity contribution in [3.63, 3.8) is 0 Å². The number of fused-ring (bicyclic) bond motifs is 1. The van der Waals surface area contributed by atoms with Crippen LogP contribution >= 0.6 is 0 Å². The van der Waals surface area contributed by atoms with Crippen LogP contribution < -0.4 is 10.6 Å². The summed E-state index contributed by atoms with van der Waals surface area (Å²) in [6.07, 6.45) is 6.59. The highest BCUT2D eigenvalue weighted by atomic mass is 16.5. The molecule has 3 heterocycles. The molecule has 0 saturated carbocycles. The van der Waals surface area contributed by atoms with Crippen molar-refractivity contribution in [2.45, 2.75) is 45.4 Å². The fourth-order valence-electron chi connectivity index (χ4n) is 3.15. The van der Waals surface area contributed by atoms with Crippen molar-refractivity contribution in [1.82, 2.24) is 30.4 Å². The molecule has 0 saturated heterocycles. The van der Waals surface area contributed by atoms with Gasteiger partial charge in [-0.2, -0.15) is 5.10 Å². The second kappa shape index (κ2) is 8.75. The first-order chi connectivity index (χ1) is 12.7. The van der Waals surface area contributed by atoms with Gasteiger partial charge in [-0.15, -0.1) is 0 Å². The van der Waals surface area contributed by atoms with Crippen LogP contribution in [0.4, 0.5) is 0 Å². The molecule has 2 aromatic rings. The number of aromatic nitrogens is 4. The first-order valence-corrected chi connectivity index (χ1v) is 8.97. The number of rotatable bonds is 6. The van der Waals surface area contributed by atoms with Crippen LogP contribution in [0.2, 0.25) is 0 Å². The van der Waals surface area contributed by atoms with E-state index in [-0.39, 0.29) is 6.04 Å². The highest BCUT2D eigenvalue weighted by Gasteiger charge is 2.22. The van der Waals surface area contributed by atoms with Gasteiger partial charge in [-0.3, -0.25) is 9.98 Å². The van der Waals surface area contributed by atoms with E-state index in [4.69, 9.17) is 4.74 Å². The van der Waals surface area contributed by atoms with Crippen molar-refractivity contribution in [3.8, 4) is 0 Å². The second-order valence-electron chi connectivity index (χ2n) is 6.49. The Balaban J connectivity index is 1.50. The van der Waals surface area contributed by atoms with Gasteiger partial charge < -0.3 is 15.4 Å². The molecule has 0 bridgehead atoms. The number of nitrogens with zero attached hydrogens (tertiary/aromatic N) is 5. The molecule has 2 N–H and O–H groups in total. The Morgan fingerprint density at radius 1 is 1.46 bits per heavy atom. The second-order valence-corrected chi connectivity index (χ2v) is 6.49. The number of nitrogens with one attached hydrogen (secondary N) is 2. The van der Waals surface area contributed by atoms with Gasteiger partial charge in [0.2, 0.25) is 0 Å². The zero-order valence-electron chi connectivity index (χ0n) is 15.7. The van der Waals surface area contributed by atoms with Crippen LogP contribution in [-0.2, 0) is 30.7 Å². The zero-order valence-corrected chi connectivity index (χ0v) is 15.7. The van der Waals surface area contributed by atoms with Gasteiger partial charge in [0.15, 0.2) is 11.8 Å². The number of guanidine groups is 1. The summed E-state index contributed by atoms with van der Waals surface area (Å²) in [5, 5.41) is 11.4. The van der Waals surface area contributed by atoms with E-state index >= 15 is 0 Å². The summed E-state index contributed by atoms with van der Waals surface area (Å²) in [5.74, 6) is 2.60. The Hall–Kier alpha value is -2.48. The van der Waals surface area contributed by atoms with Crippen LogP contribution in [0.25, 0.3) is 0 Å². The van der Waals surface area contributed by atoms with Crippen molar-refractivity contribution >= 4 is 5.96 Å². The third-order valence-corrected chi connectivity index (χ3v) is 4.56. The van der Waals surface area contributed by atoms with Crippen LogP contribution in [0.15, 0.2) is 23.5 Å². The van der Waals surface area contributed by atoms with Crippen LogP contribution in [0.1, 0.15) is 29.2 Å². The SMILES string of the molecule is CN=C(NCCc1ccncc1C)NC1CCc2nc(COC)nn2C1. The standard InChI is InChI=1S/C18H27N7O/c1-13-10-20-8-6-14(13)7-9-21-18(19-2)22-15-4-5-17-23-16(12-26-3)24-25(17)11-15/h6,8,10,15H,4-5,7,9,11-12H2,1-3H3,(H2,19,21,22). The van der Waals surface area contributed by atoms with Crippen LogP contribution in [-0.4, -0.2) is 52.5 Å². The number of methoxy groups -OCH3 is 1. The van der Waals surface area contributed by atoms with Gasteiger partial charge in [0.25, 0.3) is 0 Å². The first kappa shape index (κ1) is 18.3. The average molecular weight is 357 g/mol. The van der Waals surface area contributed by atoms with Gasteiger partial charge in [0, 0.05) is 45.6 Å². The molecule has 2 aromatic heterocycles. The molecule has 0 aliphatic carbocycles. The Morgan fingerprint density at radius 2 is 2.35 bits per heavy atom. The normalized spacial score (nSPS) is 17.0. The summed E-state index contributed by atoms with van der Waals surface area (Å²) >= 11 is 0. The molecule has 0 amide bonds. The predicted molar refractivity (Wildman–Crippen MR) is 100 cm³/mol. The highest BCUT2D eigenvalue weighted by molar-refractivity contribution is 5.79. The predicted octanol–water partition coefficient (Wildman–Crippen LogP) is 0.850. The third kappa shape index (κ3) is 4.57. The first-order valence-electron chi connectivity index (χ1n) is 8.97. The number of aliphatic imine (C=N–C) groups is 1. The van der Waals surface area contributed by atoms with E-state index < -0.39 is 0 Å². The lowest BCUT2D eigenvalue weighted by molar-refractivity contribution is 0.177. The van der Waals surface area contributed by atoms with E-state index in [1.54, 1.807) is 14.2 Å². The minimum Gasteiger partial charge on any atom is -0.377 e. The Bertz CT molecular complexity index is 756. The van der Waals surface area contributed by atoms with E-state index in [0.717, 1.165) is 50.0 Å². The van der Waals surface area contributed by atoms with E-state index in [0.29, 0.717) is 6.61 Å². The fourth-order valence-corrected chi connectivity index (χ4v) is 3.15. The largest absolute Gasteiger partial charge is 0.377 e. The molecule has 3 rings (SSSR count). The Morgan fingerprint density at radius 3 is 3.12 bits per heavy atom. The van der Waals surface area contributed by atoms with Crippen molar-refractivity contribution in [1.29, 1.82) is 0 Å². The smallest absolute Gasteiger partial charge is 0.191 e. The minimum atomic E-state index is 0.286. The molecular formula is C18H27N7O. The minimum absolute atomic E-state index is 0.286. The third-order valence-electron chi connectivity index (χ3n) is 4.56. The van der Waals surface area contributed by atoms with E-state index in [9.17, 15) is 0 Å². The van der Waals surface area contributed by atoms with E-state index in [2.05, 4.69) is 43.7 Å². The fraction of sp³-hybridized carbons (Fsp3) is 0.556. The van der Waals surface area contributed by atoms with Crippen molar-refractivity contribution in [3.05, 3.63) is 41.2 Å². The monoisotopic (exact) mass is 357 g/mol. The molecule has 1 aliphatic heterocycles. The maximum atomic E-state index is 5.12. The molecule has 8 heteroatoms. The molecule has 26 heavy (non-hydrogen) atoms. The maximum Gasteiger partial charge on any atom is 0.191 e. The van der Waals surface area contributed by atoms with Crippen LogP contribution in [0, 0.1) is 6.92 Å². The summed E-state index contributed by atoms with van der Waals surface area (Å²) in [6, 6.07) is 2.35. The van der Waals surface area contributed by atoms with Crippen molar-refractivity contribution < 1.29 is 4.74 Å². The number of hydrogen-bond acceptors (Lipinski definition) is 5.